The number of benzene rings is 3. The molecule has 0 spiro atoms. The first-order valence-corrected chi connectivity index (χ1v) is 13.3. The Kier molecular flexibility index (Phi) is 8.37. The van der Waals surface area contributed by atoms with Crippen molar-refractivity contribution in [2.75, 3.05) is 0 Å². The molecule has 16 heteroatoms. The predicted octanol–water partition coefficient (Wildman–Crippen LogP) is 8.26. The van der Waals surface area contributed by atoms with Gasteiger partial charge in [0, 0.05) is 33.4 Å². The molecular formula is C34H8F8N6O2. The van der Waals surface area contributed by atoms with Gasteiger partial charge in [0.05, 0.1) is 11.1 Å². The zero-order valence-corrected chi connectivity index (χ0v) is 24.1. The summed E-state index contributed by atoms with van der Waals surface area (Å²) in [6, 6.07) is 16.9. The Balaban J connectivity index is 1.83. The summed E-state index contributed by atoms with van der Waals surface area (Å²) in [7, 11) is 0. The molecule has 0 saturated heterocycles. The van der Waals surface area contributed by atoms with Crippen LogP contribution in [0.15, 0.2) is 59.7 Å². The summed E-state index contributed by atoms with van der Waals surface area (Å²) in [6.45, 7) is 0. The van der Waals surface area contributed by atoms with Crippen LogP contribution in [0.4, 0.5) is 35.1 Å². The molecule has 0 aromatic heterocycles. The fraction of sp³-hybridized carbons (Fsp3) is 0.0588. The molecule has 0 atom stereocenters. The van der Waals surface area contributed by atoms with E-state index in [0.29, 0.717) is 24.3 Å². The highest BCUT2D eigenvalue weighted by atomic mass is 19.4. The summed E-state index contributed by atoms with van der Waals surface area (Å²) < 4.78 is 114. The quantitative estimate of drug-likeness (QED) is 0.196. The Hall–Kier alpha value is -7.40. The molecule has 242 valence electrons. The van der Waals surface area contributed by atoms with Crippen molar-refractivity contribution in [1.82, 2.24) is 0 Å². The smallest absolute Gasteiger partial charge is 0.403 e. The van der Waals surface area contributed by atoms with Gasteiger partial charge in [0.15, 0.2) is 23.1 Å². The topological polar surface area (TPSA) is 161 Å². The van der Waals surface area contributed by atoms with Crippen LogP contribution in [0, 0.1) is 79.6 Å². The Bertz CT molecular complexity index is 2250. The normalized spacial score (nSPS) is 13.2. The lowest BCUT2D eigenvalue weighted by Gasteiger charge is -2.13. The standard InChI is InChI=1S/C34H8F8N6O2/c35-25-5-15(1-3-27(25)49-33(37,38)39)29-23(13-47)19-7-20-22(8-21(19)31(29)17(9-43)10-44)32(18(11-45)12-46)30(24(20)14-48)16-2-4-28(26(36)6-16)50-34(40,41)42/h1-8H. The van der Waals surface area contributed by atoms with Crippen LogP contribution in [-0.2, 0) is 0 Å². The van der Waals surface area contributed by atoms with Gasteiger partial charge in [-0.15, -0.1) is 26.3 Å². The van der Waals surface area contributed by atoms with Crippen LogP contribution in [-0.4, -0.2) is 12.7 Å². The van der Waals surface area contributed by atoms with Gasteiger partial charge in [0.2, 0.25) is 0 Å². The van der Waals surface area contributed by atoms with Gasteiger partial charge in [-0.3, -0.25) is 0 Å². The van der Waals surface area contributed by atoms with E-state index in [1.165, 1.54) is 12.1 Å². The second-order valence-electron chi connectivity index (χ2n) is 10.0. The minimum absolute atomic E-state index is 0.0702. The minimum Gasteiger partial charge on any atom is -0.403 e. The molecule has 3 aromatic carbocycles. The number of ether oxygens (including phenoxy) is 2. The second-order valence-corrected chi connectivity index (χ2v) is 10.0. The molecular weight excluding hydrogens is 676 g/mol. The summed E-state index contributed by atoms with van der Waals surface area (Å²) in [5, 5.41) is 59.9. The molecule has 0 saturated carbocycles. The Morgan fingerprint density at radius 2 is 0.840 bits per heavy atom. The van der Waals surface area contributed by atoms with Crippen molar-refractivity contribution in [3.8, 4) is 47.9 Å². The Labute approximate surface area is 275 Å². The lowest BCUT2D eigenvalue weighted by molar-refractivity contribution is -0.276. The summed E-state index contributed by atoms with van der Waals surface area (Å²) in [6.07, 6.45) is -10.5. The summed E-state index contributed by atoms with van der Waals surface area (Å²) in [4.78, 5) is 0. The second kappa shape index (κ2) is 12.3. The third kappa shape index (κ3) is 5.82. The molecule has 0 fully saturated rings. The van der Waals surface area contributed by atoms with E-state index in [1.54, 1.807) is 24.3 Å². The van der Waals surface area contributed by atoms with Crippen LogP contribution in [0.2, 0.25) is 0 Å². The molecule has 2 aliphatic rings. The maximum absolute atomic E-state index is 14.9. The van der Waals surface area contributed by atoms with Crippen LogP contribution < -0.4 is 9.47 Å². The highest BCUT2D eigenvalue weighted by Crippen LogP contribution is 2.54. The number of allylic oxidation sites excluding steroid dienone is 8. The summed E-state index contributed by atoms with van der Waals surface area (Å²) >= 11 is 0. The third-order valence-electron chi connectivity index (χ3n) is 7.30. The van der Waals surface area contributed by atoms with Crippen LogP contribution >= 0.6 is 0 Å². The summed E-state index contributed by atoms with van der Waals surface area (Å²) in [5.41, 5.74) is -3.93. The molecule has 0 heterocycles. The van der Waals surface area contributed by atoms with Crippen molar-refractivity contribution in [3.05, 3.63) is 105 Å². The van der Waals surface area contributed by atoms with Crippen molar-refractivity contribution in [2.45, 2.75) is 12.7 Å². The van der Waals surface area contributed by atoms with E-state index in [1.807, 2.05) is 12.1 Å². The molecule has 0 N–H and O–H groups in total. The van der Waals surface area contributed by atoms with E-state index < -0.39 is 47.0 Å². The number of alkyl halides is 6. The van der Waals surface area contributed by atoms with Gasteiger partial charge in [-0.05, 0) is 58.7 Å². The average molecular weight is 684 g/mol. The van der Waals surface area contributed by atoms with E-state index in [-0.39, 0.29) is 66.8 Å². The van der Waals surface area contributed by atoms with Gasteiger partial charge in [-0.25, -0.2) is 8.78 Å². The van der Waals surface area contributed by atoms with Gasteiger partial charge in [-0.1, -0.05) is 12.1 Å². The molecule has 3 aromatic rings. The maximum atomic E-state index is 14.9. The highest BCUT2D eigenvalue weighted by molar-refractivity contribution is 6.29. The molecule has 8 nitrogen and oxygen atoms in total. The lowest BCUT2D eigenvalue weighted by Crippen LogP contribution is -2.18. The first-order valence-electron chi connectivity index (χ1n) is 13.3. The van der Waals surface area contributed by atoms with Crippen molar-refractivity contribution < 1.29 is 44.6 Å². The number of halogens is 8. The Morgan fingerprint density at radius 3 is 1.12 bits per heavy atom. The van der Waals surface area contributed by atoms with Crippen molar-refractivity contribution >= 4 is 33.4 Å². The Morgan fingerprint density at radius 1 is 0.500 bits per heavy atom. The largest absolute Gasteiger partial charge is 0.573 e. The van der Waals surface area contributed by atoms with Gasteiger partial charge >= 0.3 is 12.7 Å². The van der Waals surface area contributed by atoms with Crippen LogP contribution in [0.1, 0.15) is 33.4 Å². The number of nitriles is 6. The molecule has 0 aliphatic heterocycles. The van der Waals surface area contributed by atoms with Crippen LogP contribution in [0.25, 0.3) is 33.4 Å². The van der Waals surface area contributed by atoms with Crippen LogP contribution in [0.5, 0.6) is 11.5 Å². The predicted molar refractivity (Wildman–Crippen MR) is 154 cm³/mol. The first kappa shape index (κ1) is 33.9. The number of fused-ring (bicyclic) bond motifs is 2. The van der Waals surface area contributed by atoms with Gasteiger partial charge in [-0.2, -0.15) is 31.6 Å². The van der Waals surface area contributed by atoms with Crippen LogP contribution in [0.3, 0.4) is 0 Å². The maximum Gasteiger partial charge on any atom is 0.573 e. The first-order chi connectivity index (χ1) is 23.6. The van der Waals surface area contributed by atoms with E-state index in [2.05, 4.69) is 9.47 Å². The van der Waals surface area contributed by atoms with E-state index in [4.69, 9.17) is 0 Å². The number of hydrogen-bond acceptors (Lipinski definition) is 8. The zero-order chi connectivity index (χ0) is 36.7. The van der Waals surface area contributed by atoms with Crippen molar-refractivity contribution in [1.29, 1.82) is 31.6 Å². The molecule has 50 heavy (non-hydrogen) atoms. The molecule has 2 aliphatic carbocycles. The van der Waals surface area contributed by atoms with E-state index in [0.717, 1.165) is 12.1 Å². The van der Waals surface area contributed by atoms with E-state index >= 15 is 0 Å². The number of nitrogens with zero attached hydrogens (tertiary/aromatic N) is 6. The number of rotatable bonds is 4. The fourth-order valence-electron chi connectivity index (χ4n) is 5.55. The average Bonchev–Trinajstić information content (AvgIpc) is 3.54. The molecule has 0 unspecified atom stereocenters. The molecule has 5 rings (SSSR count). The summed E-state index contributed by atoms with van der Waals surface area (Å²) in [5.74, 6) is -5.48. The van der Waals surface area contributed by atoms with Gasteiger partial charge < -0.3 is 9.47 Å². The SMILES string of the molecule is N#CC(C#N)=C1C(c2ccc(OC(F)(F)F)c(F)c2)=C(C#N)c2cc3c(cc21)C(=C(C#N)C#N)C(c1ccc(OC(F)(F)F)c(F)c1)=C3C#N. The monoisotopic (exact) mass is 684 g/mol. The molecule has 0 amide bonds. The van der Waals surface area contributed by atoms with Gasteiger partial charge in [0.25, 0.3) is 0 Å². The molecule has 0 radical (unpaired) electrons. The van der Waals surface area contributed by atoms with Gasteiger partial charge in [0.1, 0.15) is 47.6 Å². The lowest BCUT2D eigenvalue weighted by atomic mass is 9.89. The van der Waals surface area contributed by atoms with E-state index in [9.17, 15) is 66.7 Å². The fourth-order valence-corrected chi connectivity index (χ4v) is 5.55. The highest BCUT2D eigenvalue weighted by Gasteiger charge is 2.39. The minimum atomic E-state index is -5.25. The van der Waals surface area contributed by atoms with Crippen molar-refractivity contribution in [2.24, 2.45) is 0 Å². The van der Waals surface area contributed by atoms with Crippen molar-refractivity contribution in [3.63, 3.8) is 0 Å². The number of hydrogen-bond donors (Lipinski definition) is 0. The third-order valence-corrected chi connectivity index (χ3v) is 7.30. The molecule has 0 bridgehead atoms. The zero-order valence-electron chi connectivity index (χ0n) is 24.1.